The summed E-state index contributed by atoms with van der Waals surface area (Å²) in [5, 5.41) is 3.61. The monoisotopic (exact) mass is 335 g/mol. The van der Waals surface area contributed by atoms with Crippen molar-refractivity contribution in [3.8, 4) is 0 Å². The van der Waals surface area contributed by atoms with Gasteiger partial charge in [-0.15, -0.1) is 0 Å². The van der Waals surface area contributed by atoms with Gasteiger partial charge in [0.1, 0.15) is 0 Å². The molecule has 2 fully saturated rings. The van der Waals surface area contributed by atoms with E-state index in [0.29, 0.717) is 11.4 Å². The summed E-state index contributed by atoms with van der Waals surface area (Å²) < 4.78 is 0. The molecule has 0 aromatic heterocycles. The first-order valence-electron chi connectivity index (χ1n) is 8.69. The van der Waals surface area contributed by atoms with Crippen molar-refractivity contribution in [1.29, 1.82) is 0 Å². The number of carbonyl (C=O) groups excluding carboxylic acids is 1. The maximum absolute atomic E-state index is 12.0. The number of hydrogen-bond acceptors (Lipinski definition) is 3. The van der Waals surface area contributed by atoms with Crippen molar-refractivity contribution in [3.63, 3.8) is 0 Å². The van der Waals surface area contributed by atoms with Gasteiger partial charge in [0.15, 0.2) is 0 Å². The summed E-state index contributed by atoms with van der Waals surface area (Å²) in [5.41, 5.74) is 0.813. The molecule has 1 unspecified atom stereocenters. The Morgan fingerprint density at radius 3 is 2.61 bits per heavy atom. The molecule has 2 aliphatic heterocycles. The third-order valence-corrected chi connectivity index (χ3v) is 5.12. The van der Waals surface area contributed by atoms with Crippen LogP contribution in [0.25, 0.3) is 0 Å². The van der Waals surface area contributed by atoms with E-state index in [4.69, 9.17) is 11.6 Å². The molecule has 0 aliphatic carbocycles. The van der Waals surface area contributed by atoms with Gasteiger partial charge in [-0.2, -0.15) is 0 Å². The van der Waals surface area contributed by atoms with E-state index in [1.165, 1.54) is 38.9 Å². The summed E-state index contributed by atoms with van der Waals surface area (Å²) in [7, 11) is 0. The molecule has 3 rings (SSSR count). The van der Waals surface area contributed by atoms with Crippen LogP contribution in [-0.4, -0.2) is 55.0 Å². The fourth-order valence-electron chi connectivity index (χ4n) is 3.61. The van der Waals surface area contributed by atoms with Crippen LogP contribution in [0.15, 0.2) is 24.3 Å². The first kappa shape index (κ1) is 16.7. The smallest absolute Gasteiger partial charge is 0.225 e. The number of benzene rings is 1. The number of carbonyl (C=O) groups is 1. The summed E-state index contributed by atoms with van der Waals surface area (Å²) >= 11 is 5.85. The molecule has 2 saturated heterocycles. The molecule has 0 spiro atoms. The Kier molecular flexibility index (Phi) is 5.92. The fraction of sp³-hybridized carbons (Fsp3) is 0.611. The van der Waals surface area contributed by atoms with Crippen LogP contribution in [0.5, 0.6) is 0 Å². The highest BCUT2D eigenvalue weighted by atomic mass is 35.5. The number of anilines is 1. The standard InChI is InChI=1S/C18H26ClN3O/c19-16-3-5-17(6-4-16)20-18(23)8-12-22-11-7-15(14-22)13-21-9-1-2-10-21/h3-6,15H,1-2,7-14H2,(H,20,23). The Morgan fingerprint density at radius 1 is 1.13 bits per heavy atom. The number of hydrogen-bond donors (Lipinski definition) is 1. The van der Waals surface area contributed by atoms with Crippen molar-refractivity contribution in [2.45, 2.75) is 25.7 Å². The fourth-order valence-corrected chi connectivity index (χ4v) is 3.74. The predicted octanol–water partition coefficient (Wildman–Crippen LogP) is 3.09. The molecule has 0 bridgehead atoms. The third-order valence-electron chi connectivity index (χ3n) is 4.87. The minimum Gasteiger partial charge on any atom is -0.326 e. The Bertz CT molecular complexity index is 514. The molecule has 2 aliphatic rings. The third kappa shape index (κ3) is 5.20. The Labute approximate surface area is 143 Å². The van der Waals surface area contributed by atoms with Gasteiger partial charge in [-0.25, -0.2) is 0 Å². The Hall–Kier alpha value is -1.10. The molecule has 1 amide bonds. The summed E-state index contributed by atoms with van der Waals surface area (Å²) in [6, 6.07) is 7.26. The SMILES string of the molecule is O=C(CCN1CCC(CN2CCCC2)C1)Nc1ccc(Cl)cc1. The van der Waals surface area contributed by atoms with E-state index >= 15 is 0 Å². The number of nitrogens with zero attached hydrogens (tertiary/aromatic N) is 2. The highest BCUT2D eigenvalue weighted by Gasteiger charge is 2.25. The Balaban J connectivity index is 1.35. The normalized spacial score (nSPS) is 22.6. The van der Waals surface area contributed by atoms with Crippen LogP contribution in [0.3, 0.4) is 0 Å². The lowest BCUT2D eigenvalue weighted by Gasteiger charge is -2.20. The van der Waals surface area contributed by atoms with Crippen LogP contribution < -0.4 is 5.32 Å². The lowest BCUT2D eigenvalue weighted by atomic mass is 10.1. The number of nitrogens with one attached hydrogen (secondary N) is 1. The largest absolute Gasteiger partial charge is 0.326 e. The van der Waals surface area contributed by atoms with Gasteiger partial charge < -0.3 is 15.1 Å². The molecule has 4 nitrogen and oxygen atoms in total. The molecule has 23 heavy (non-hydrogen) atoms. The lowest BCUT2D eigenvalue weighted by Crippen LogP contribution is -2.30. The molecule has 126 valence electrons. The van der Waals surface area contributed by atoms with Crippen LogP contribution in [0.2, 0.25) is 5.02 Å². The van der Waals surface area contributed by atoms with Gasteiger partial charge >= 0.3 is 0 Å². The molecule has 2 heterocycles. The molecule has 1 atom stereocenters. The minimum absolute atomic E-state index is 0.0790. The van der Waals surface area contributed by atoms with Gasteiger partial charge in [0.2, 0.25) is 5.91 Å². The lowest BCUT2D eigenvalue weighted by molar-refractivity contribution is -0.116. The zero-order chi connectivity index (χ0) is 16.1. The second kappa shape index (κ2) is 8.13. The van der Waals surface area contributed by atoms with Crippen molar-refractivity contribution in [3.05, 3.63) is 29.3 Å². The Morgan fingerprint density at radius 2 is 1.87 bits per heavy atom. The van der Waals surface area contributed by atoms with Gasteiger partial charge in [-0.1, -0.05) is 11.6 Å². The van der Waals surface area contributed by atoms with Crippen LogP contribution in [0.4, 0.5) is 5.69 Å². The predicted molar refractivity (Wildman–Crippen MR) is 94.9 cm³/mol. The van der Waals surface area contributed by atoms with Gasteiger partial charge in [-0.05, 0) is 69.1 Å². The molecule has 0 radical (unpaired) electrons. The quantitative estimate of drug-likeness (QED) is 0.867. The van der Waals surface area contributed by atoms with E-state index in [1.54, 1.807) is 12.1 Å². The maximum atomic E-state index is 12.0. The van der Waals surface area contributed by atoms with E-state index in [0.717, 1.165) is 31.2 Å². The first-order chi connectivity index (χ1) is 11.2. The highest BCUT2D eigenvalue weighted by molar-refractivity contribution is 6.30. The molecular formula is C18H26ClN3O. The van der Waals surface area contributed by atoms with Crippen molar-refractivity contribution >= 4 is 23.2 Å². The zero-order valence-corrected chi connectivity index (χ0v) is 14.4. The highest BCUT2D eigenvalue weighted by Crippen LogP contribution is 2.20. The van der Waals surface area contributed by atoms with Gasteiger partial charge in [0.25, 0.3) is 0 Å². The average molecular weight is 336 g/mol. The van der Waals surface area contributed by atoms with E-state index in [9.17, 15) is 4.79 Å². The molecular weight excluding hydrogens is 310 g/mol. The average Bonchev–Trinajstić information content (AvgIpc) is 3.20. The van der Waals surface area contributed by atoms with Crippen LogP contribution >= 0.6 is 11.6 Å². The molecule has 1 aromatic carbocycles. The second-order valence-electron chi connectivity index (χ2n) is 6.77. The van der Waals surface area contributed by atoms with Crippen molar-refractivity contribution in [1.82, 2.24) is 9.80 Å². The second-order valence-corrected chi connectivity index (χ2v) is 7.20. The number of halogens is 1. The summed E-state index contributed by atoms with van der Waals surface area (Å²) in [4.78, 5) is 17.1. The van der Waals surface area contributed by atoms with Gasteiger partial charge in [0.05, 0.1) is 0 Å². The molecule has 5 heteroatoms. The maximum Gasteiger partial charge on any atom is 0.225 e. The van der Waals surface area contributed by atoms with E-state index in [-0.39, 0.29) is 5.91 Å². The summed E-state index contributed by atoms with van der Waals surface area (Å²) in [6.07, 6.45) is 4.55. The topological polar surface area (TPSA) is 35.6 Å². The van der Waals surface area contributed by atoms with E-state index in [2.05, 4.69) is 15.1 Å². The van der Waals surface area contributed by atoms with Crippen LogP contribution in [0.1, 0.15) is 25.7 Å². The van der Waals surface area contributed by atoms with Crippen molar-refractivity contribution in [2.24, 2.45) is 5.92 Å². The first-order valence-corrected chi connectivity index (χ1v) is 9.07. The zero-order valence-electron chi connectivity index (χ0n) is 13.6. The summed E-state index contributed by atoms with van der Waals surface area (Å²) in [6.45, 7) is 6.93. The number of rotatable bonds is 6. The van der Waals surface area contributed by atoms with Gasteiger partial charge in [-0.3, -0.25) is 4.79 Å². The van der Waals surface area contributed by atoms with Gasteiger partial charge in [0, 0.05) is 36.8 Å². The van der Waals surface area contributed by atoms with Crippen molar-refractivity contribution in [2.75, 3.05) is 44.6 Å². The van der Waals surface area contributed by atoms with Crippen LogP contribution in [-0.2, 0) is 4.79 Å². The van der Waals surface area contributed by atoms with E-state index < -0.39 is 0 Å². The van der Waals surface area contributed by atoms with Crippen LogP contribution in [0, 0.1) is 5.92 Å². The van der Waals surface area contributed by atoms with E-state index in [1.807, 2.05) is 12.1 Å². The molecule has 1 aromatic rings. The minimum atomic E-state index is 0.0790. The van der Waals surface area contributed by atoms with Crippen molar-refractivity contribution < 1.29 is 4.79 Å². The molecule has 1 N–H and O–H groups in total. The number of likely N-dealkylation sites (tertiary alicyclic amines) is 2. The number of amides is 1. The molecule has 0 saturated carbocycles. The summed E-state index contributed by atoms with van der Waals surface area (Å²) in [5.74, 6) is 0.864.